The van der Waals surface area contributed by atoms with Crippen LogP contribution < -0.4 is 10.2 Å². The molecule has 3 rings (SSSR count). The van der Waals surface area contributed by atoms with Crippen LogP contribution in [0.5, 0.6) is 0 Å². The fraction of sp³-hybridized carbons (Fsp3) is 0.684. The second-order valence-electron chi connectivity index (χ2n) is 6.21. The molecule has 1 aromatic carbocycles. The van der Waals surface area contributed by atoms with Crippen molar-refractivity contribution >= 4 is 5.69 Å². The second-order valence-corrected chi connectivity index (χ2v) is 6.21. The van der Waals surface area contributed by atoms with E-state index >= 15 is 0 Å². The van der Waals surface area contributed by atoms with Crippen LogP contribution in [0.4, 0.5) is 5.69 Å². The smallest absolute Gasteiger partial charge is 0.0370 e. The molecule has 0 amide bonds. The summed E-state index contributed by atoms with van der Waals surface area (Å²) in [5.41, 5.74) is 3.28. The number of piperazine rings is 1. The van der Waals surface area contributed by atoms with Gasteiger partial charge in [0.1, 0.15) is 0 Å². The molecule has 2 aliphatic rings. The van der Waals surface area contributed by atoms with Crippen LogP contribution in [0.1, 0.15) is 58.4 Å². The first-order chi connectivity index (χ1) is 10.3. The van der Waals surface area contributed by atoms with Crippen molar-refractivity contribution in [2.45, 2.75) is 64.8 Å². The molecule has 0 bridgehead atoms. The van der Waals surface area contributed by atoms with Crippen LogP contribution in [0, 0.1) is 0 Å². The van der Waals surface area contributed by atoms with Gasteiger partial charge < -0.3 is 10.2 Å². The molecule has 1 heterocycles. The lowest BCUT2D eigenvalue weighted by Gasteiger charge is -2.47. The van der Waals surface area contributed by atoms with Gasteiger partial charge in [0.25, 0.3) is 0 Å². The molecule has 1 aliphatic carbocycles. The first-order valence-electron chi connectivity index (χ1n) is 8.90. The molecule has 2 fully saturated rings. The number of benzene rings is 1. The summed E-state index contributed by atoms with van der Waals surface area (Å²) in [5, 5.41) is 3.82. The molecule has 21 heavy (non-hydrogen) atoms. The van der Waals surface area contributed by atoms with Crippen molar-refractivity contribution in [2.75, 3.05) is 24.5 Å². The highest BCUT2D eigenvalue weighted by molar-refractivity contribution is 5.49. The Morgan fingerprint density at radius 3 is 2.62 bits per heavy atom. The van der Waals surface area contributed by atoms with E-state index in [2.05, 4.69) is 41.4 Å². The summed E-state index contributed by atoms with van der Waals surface area (Å²) in [6.07, 6.45) is 8.07. The predicted octanol–water partition coefficient (Wildman–Crippen LogP) is 4.39. The molecule has 2 heteroatoms. The minimum atomic E-state index is 0.402. The van der Waals surface area contributed by atoms with E-state index in [1.54, 1.807) is 0 Å². The number of aryl methyl sites for hydroxylation is 1. The minimum absolute atomic E-state index is 0.402. The Labute approximate surface area is 130 Å². The SMILES string of the molecule is CC.CCc1cccc(N2CCNC3(CCCCC3)C2)c1. The molecule has 1 aliphatic heterocycles. The lowest BCUT2D eigenvalue weighted by atomic mass is 9.80. The Balaban J connectivity index is 0.000000774. The maximum absolute atomic E-state index is 3.82. The summed E-state index contributed by atoms with van der Waals surface area (Å²) in [4.78, 5) is 2.60. The maximum Gasteiger partial charge on any atom is 0.0370 e. The summed E-state index contributed by atoms with van der Waals surface area (Å²) in [5.74, 6) is 0. The summed E-state index contributed by atoms with van der Waals surface area (Å²) < 4.78 is 0. The molecule has 1 spiro atoms. The van der Waals surface area contributed by atoms with Gasteiger partial charge >= 0.3 is 0 Å². The third kappa shape index (κ3) is 4.00. The van der Waals surface area contributed by atoms with Crippen molar-refractivity contribution < 1.29 is 0 Å². The first kappa shape index (κ1) is 16.4. The van der Waals surface area contributed by atoms with Crippen molar-refractivity contribution in [1.82, 2.24) is 5.32 Å². The Morgan fingerprint density at radius 1 is 1.14 bits per heavy atom. The fourth-order valence-electron chi connectivity index (χ4n) is 3.71. The van der Waals surface area contributed by atoms with Crippen LogP contribution in [0.15, 0.2) is 24.3 Å². The normalized spacial score (nSPS) is 20.8. The Hall–Kier alpha value is -1.02. The summed E-state index contributed by atoms with van der Waals surface area (Å²) in [7, 11) is 0. The average Bonchev–Trinajstić information content (AvgIpc) is 2.57. The molecule has 0 unspecified atom stereocenters. The van der Waals surface area contributed by atoms with Crippen LogP contribution in [-0.2, 0) is 6.42 Å². The summed E-state index contributed by atoms with van der Waals surface area (Å²) in [6, 6.07) is 9.11. The van der Waals surface area contributed by atoms with Crippen LogP contribution >= 0.6 is 0 Å². The Morgan fingerprint density at radius 2 is 1.90 bits per heavy atom. The largest absolute Gasteiger partial charge is 0.368 e. The third-order valence-corrected chi connectivity index (χ3v) is 4.87. The minimum Gasteiger partial charge on any atom is -0.368 e. The van der Waals surface area contributed by atoms with Crippen molar-refractivity contribution in [3.05, 3.63) is 29.8 Å². The van der Waals surface area contributed by atoms with Crippen LogP contribution in [0.3, 0.4) is 0 Å². The van der Waals surface area contributed by atoms with Gasteiger partial charge in [-0.2, -0.15) is 0 Å². The van der Waals surface area contributed by atoms with Crippen molar-refractivity contribution in [3.8, 4) is 0 Å². The third-order valence-electron chi connectivity index (χ3n) is 4.87. The maximum atomic E-state index is 3.82. The topological polar surface area (TPSA) is 15.3 Å². The van der Waals surface area contributed by atoms with E-state index in [1.807, 2.05) is 13.8 Å². The molecule has 0 aromatic heterocycles. The van der Waals surface area contributed by atoms with Gasteiger partial charge in [0, 0.05) is 30.9 Å². The van der Waals surface area contributed by atoms with Gasteiger partial charge in [-0.25, -0.2) is 0 Å². The van der Waals surface area contributed by atoms with Gasteiger partial charge in [0.05, 0.1) is 0 Å². The van der Waals surface area contributed by atoms with Crippen molar-refractivity contribution in [1.29, 1.82) is 0 Å². The van der Waals surface area contributed by atoms with E-state index in [9.17, 15) is 0 Å². The number of anilines is 1. The van der Waals surface area contributed by atoms with E-state index < -0.39 is 0 Å². The van der Waals surface area contributed by atoms with Gasteiger partial charge in [-0.3, -0.25) is 0 Å². The van der Waals surface area contributed by atoms with Crippen LogP contribution in [0.25, 0.3) is 0 Å². The quantitative estimate of drug-likeness (QED) is 0.868. The highest BCUT2D eigenvalue weighted by atomic mass is 15.2. The van der Waals surface area contributed by atoms with Gasteiger partial charge in [0.15, 0.2) is 0 Å². The average molecular weight is 288 g/mol. The van der Waals surface area contributed by atoms with Crippen LogP contribution in [-0.4, -0.2) is 25.2 Å². The molecule has 1 saturated carbocycles. The van der Waals surface area contributed by atoms with Gasteiger partial charge in [0.2, 0.25) is 0 Å². The van der Waals surface area contributed by atoms with E-state index in [-0.39, 0.29) is 0 Å². The number of nitrogens with one attached hydrogen (secondary N) is 1. The van der Waals surface area contributed by atoms with Crippen molar-refractivity contribution in [2.24, 2.45) is 0 Å². The van der Waals surface area contributed by atoms with E-state index in [4.69, 9.17) is 0 Å². The zero-order chi connectivity index (χ0) is 15.1. The molecule has 2 nitrogen and oxygen atoms in total. The van der Waals surface area contributed by atoms with E-state index in [0.717, 1.165) is 19.5 Å². The van der Waals surface area contributed by atoms with E-state index in [1.165, 1.54) is 49.9 Å². The number of hydrogen-bond acceptors (Lipinski definition) is 2. The van der Waals surface area contributed by atoms with Gasteiger partial charge in [-0.05, 0) is 37.0 Å². The molecule has 0 atom stereocenters. The van der Waals surface area contributed by atoms with Crippen molar-refractivity contribution in [3.63, 3.8) is 0 Å². The number of nitrogens with zero attached hydrogens (tertiary/aromatic N) is 1. The van der Waals surface area contributed by atoms with E-state index in [0.29, 0.717) is 5.54 Å². The lowest BCUT2D eigenvalue weighted by Crippen LogP contribution is -2.61. The molecule has 1 saturated heterocycles. The fourth-order valence-corrected chi connectivity index (χ4v) is 3.71. The standard InChI is InChI=1S/C17H26N2.C2H6/c1-2-15-7-6-8-16(13-15)19-12-11-18-17(14-19)9-4-3-5-10-17;1-2/h6-8,13,18H,2-5,9-12,14H2,1H3;1-2H3. The zero-order valence-corrected chi connectivity index (χ0v) is 14.1. The molecular formula is C19H32N2. The highest BCUT2D eigenvalue weighted by Crippen LogP contribution is 2.32. The monoisotopic (exact) mass is 288 g/mol. The second kappa shape index (κ2) is 7.84. The molecule has 118 valence electrons. The number of rotatable bonds is 2. The van der Waals surface area contributed by atoms with Gasteiger partial charge in [-0.15, -0.1) is 0 Å². The van der Waals surface area contributed by atoms with Gasteiger partial charge in [-0.1, -0.05) is 52.2 Å². The Bertz CT molecular complexity index is 416. The Kier molecular flexibility index (Phi) is 6.10. The molecule has 0 radical (unpaired) electrons. The molecule has 1 N–H and O–H groups in total. The van der Waals surface area contributed by atoms with Crippen LogP contribution in [0.2, 0.25) is 0 Å². The first-order valence-corrected chi connectivity index (χ1v) is 8.90. The summed E-state index contributed by atoms with van der Waals surface area (Å²) in [6.45, 7) is 9.71. The molecule has 1 aromatic rings. The highest BCUT2D eigenvalue weighted by Gasteiger charge is 2.36. The molecular weight excluding hydrogens is 256 g/mol. The summed E-state index contributed by atoms with van der Waals surface area (Å²) >= 11 is 0. The predicted molar refractivity (Wildman–Crippen MR) is 93.2 cm³/mol. The lowest BCUT2D eigenvalue weighted by molar-refractivity contribution is 0.216. The number of hydrogen-bond donors (Lipinski definition) is 1. The zero-order valence-electron chi connectivity index (χ0n) is 14.1.